The van der Waals surface area contributed by atoms with E-state index in [2.05, 4.69) is 4.98 Å². The summed E-state index contributed by atoms with van der Waals surface area (Å²) in [5, 5.41) is 0. The third kappa shape index (κ3) is 2.07. The Labute approximate surface area is 87.4 Å². The molecule has 15 heavy (non-hydrogen) atoms. The Balaban J connectivity index is 2.34. The van der Waals surface area contributed by atoms with Crippen LogP contribution in [0.25, 0.3) is 0 Å². The predicted molar refractivity (Wildman–Crippen MR) is 54.3 cm³/mol. The Morgan fingerprint density at radius 3 is 2.87 bits per heavy atom. The molecule has 1 aromatic rings. The highest BCUT2D eigenvalue weighted by Crippen LogP contribution is 2.29. The molecule has 0 aliphatic heterocycles. The minimum Gasteiger partial charge on any atom is -0.490 e. The van der Waals surface area contributed by atoms with Crippen molar-refractivity contribution in [2.24, 2.45) is 11.5 Å². The Hall–Kier alpha value is -1.62. The van der Waals surface area contributed by atoms with E-state index in [1.807, 2.05) is 0 Å². The molecule has 1 heterocycles. The van der Waals surface area contributed by atoms with E-state index in [4.69, 9.17) is 16.2 Å². The van der Waals surface area contributed by atoms with Gasteiger partial charge in [-0.1, -0.05) is 0 Å². The number of hydrogen-bond donors (Lipinski definition) is 2. The number of primary amides is 1. The highest BCUT2D eigenvalue weighted by Gasteiger charge is 2.25. The third-order valence-corrected chi connectivity index (χ3v) is 2.27. The van der Waals surface area contributed by atoms with Crippen molar-refractivity contribution in [1.82, 2.24) is 4.98 Å². The molecule has 0 aromatic carbocycles. The van der Waals surface area contributed by atoms with Gasteiger partial charge in [0.15, 0.2) is 0 Å². The SMILES string of the molecule is NCc1c(OC2CC2)ccnc1C(N)=O. The van der Waals surface area contributed by atoms with Crippen molar-refractivity contribution < 1.29 is 9.53 Å². The maximum Gasteiger partial charge on any atom is 0.267 e. The molecule has 1 aliphatic rings. The summed E-state index contributed by atoms with van der Waals surface area (Å²) in [4.78, 5) is 15.0. The average Bonchev–Trinajstić information content (AvgIpc) is 3.01. The molecule has 1 saturated carbocycles. The highest BCUT2D eigenvalue weighted by atomic mass is 16.5. The number of pyridine rings is 1. The molecule has 2 rings (SSSR count). The van der Waals surface area contributed by atoms with Crippen LogP contribution in [-0.2, 0) is 6.54 Å². The van der Waals surface area contributed by atoms with Gasteiger partial charge in [-0.2, -0.15) is 0 Å². The molecular weight excluding hydrogens is 194 g/mol. The van der Waals surface area contributed by atoms with E-state index in [0.29, 0.717) is 11.3 Å². The minimum absolute atomic E-state index is 0.203. The molecule has 80 valence electrons. The first-order chi connectivity index (χ1) is 7.22. The van der Waals surface area contributed by atoms with Crippen molar-refractivity contribution in [2.45, 2.75) is 25.5 Å². The third-order valence-electron chi connectivity index (χ3n) is 2.27. The highest BCUT2D eigenvalue weighted by molar-refractivity contribution is 5.92. The zero-order valence-electron chi connectivity index (χ0n) is 8.27. The molecular formula is C10H13N3O2. The summed E-state index contributed by atoms with van der Waals surface area (Å²) in [5.41, 5.74) is 11.5. The van der Waals surface area contributed by atoms with Crippen LogP contribution in [0.5, 0.6) is 5.75 Å². The lowest BCUT2D eigenvalue weighted by molar-refractivity contribution is 0.0994. The molecule has 0 bridgehead atoms. The van der Waals surface area contributed by atoms with Crippen LogP contribution in [0.1, 0.15) is 28.9 Å². The molecule has 5 heteroatoms. The van der Waals surface area contributed by atoms with Gasteiger partial charge in [-0.05, 0) is 18.9 Å². The summed E-state index contributed by atoms with van der Waals surface area (Å²) in [5.74, 6) is 0.0560. The molecule has 1 aromatic heterocycles. The maximum absolute atomic E-state index is 11.1. The first kappa shape index (κ1) is 9.92. The van der Waals surface area contributed by atoms with Crippen LogP contribution in [0.4, 0.5) is 0 Å². The molecule has 0 saturated heterocycles. The second-order valence-corrected chi connectivity index (χ2v) is 3.52. The summed E-state index contributed by atoms with van der Waals surface area (Å²) in [6.07, 6.45) is 3.88. The Morgan fingerprint density at radius 2 is 2.33 bits per heavy atom. The van der Waals surface area contributed by atoms with Crippen molar-refractivity contribution in [3.8, 4) is 5.75 Å². The van der Waals surface area contributed by atoms with Gasteiger partial charge in [0.05, 0.1) is 6.10 Å². The first-order valence-corrected chi connectivity index (χ1v) is 4.86. The standard InChI is InChI=1S/C10H13N3O2/c11-5-7-8(15-6-1-2-6)3-4-13-9(7)10(12)14/h3-4,6H,1-2,5,11H2,(H2,12,14). The Morgan fingerprint density at radius 1 is 1.60 bits per heavy atom. The summed E-state index contributed by atoms with van der Waals surface area (Å²) >= 11 is 0. The number of carbonyl (C=O) groups excluding carboxylic acids is 1. The van der Waals surface area contributed by atoms with E-state index in [-0.39, 0.29) is 18.3 Å². The number of aromatic nitrogens is 1. The lowest BCUT2D eigenvalue weighted by Crippen LogP contribution is -2.18. The van der Waals surface area contributed by atoms with Crippen LogP contribution in [0, 0.1) is 0 Å². The fourth-order valence-electron chi connectivity index (χ4n) is 1.36. The van der Waals surface area contributed by atoms with Gasteiger partial charge in [-0.25, -0.2) is 0 Å². The molecule has 0 radical (unpaired) electrons. The van der Waals surface area contributed by atoms with Crippen LogP contribution in [0.3, 0.4) is 0 Å². The smallest absolute Gasteiger partial charge is 0.267 e. The van der Waals surface area contributed by atoms with E-state index >= 15 is 0 Å². The van der Waals surface area contributed by atoms with Crippen molar-refractivity contribution >= 4 is 5.91 Å². The normalized spacial score (nSPS) is 15.0. The fourth-order valence-corrected chi connectivity index (χ4v) is 1.36. The number of nitrogens with two attached hydrogens (primary N) is 2. The number of amides is 1. The molecule has 1 amide bonds. The Kier molecular flexibility index (Phi) is 2.55. The largest absolute Gasteiger partial charge is 0.490 e. The average molecular weight is 207 g/mol. The Bertz CT molecular complexity index is 388. The summed E-state index contributed by atoms with van der Waals surface area (Å²) in [6.45, 7) is 0.203. The van der Waals surface area contributed by atoms with E-state index < -0.39 is 5.91 Å². The van der Waals surface area contributed by atoms with Crippen LogP contribution in [0.15, 0.2) is 12.3 Å². The van der Waals surface area contributed by atoms with Crippen LogP contribution in [0.2, 0.25) is 0 Å². The van der Waals surface area contributed by atoms with E-state index in [1.165, 1.54) is 6.20 Å². The quantitative estimate of drug-likeness (QED) is 0.736. The van der Waals surface area contributed by atoms with Gasteiger partial charge in [-0.15, -0.1) is 0 Å². The molecule has 1 aliphatic carbocycles. The zero-order valence-corrected chi connectivity index (χ0v) is 8.27. The lowest BCUT2D eigenvalue weighted by atomic mass is 10.1. The van der Waals surface area contributed by atoms with Gasteiger partial charge >= 0.3 is 0 Å². The first-order valence-electron chi connectivity index (χ1n) is 4.86. The predicted octanol–water partition coefficient (Wildman–Crippen LogP) is 0.180. The van der Waals surface area contributed by atoms with Crippen molar-refractivity contribution in [3.05, 3.63) is 23.5 Å². The summed E-state index contributed by atoms with van der Waals surface area (Å²) in [6, 6.07) is 1.72. The van der Waals surface area contributed by atoms with E-state index in [1.54, 1.807) is 6.07 Å². The van der Waals surface area contributed by atoms with Crippen LogP contribution < -0.4 is 16.2 Å². The molecule has 1 fully saturated rings. The number of carbonyl (C=O) groups is 1. The minimum atomic E-state index is -0.573. The maximum atomic E-state index is 11.1. The van der Waals surface area contributed by atoms with Gasteiger partial charge in [0.2, 0.25) is 0 Å². The van der Waals surface area contributed by atoms with Crippen LogP contribution in [-0.4, -0.2) is 17.0 Å². The molecule has 0 atom stereocenters. The van der Waals surface area contributed by atoms with Crippen LogP contribution >= 0.6 is 0 Å². The van der Waals surface area contributed by atoms with Gasteiger partial charge in [0.1, 0.15) is 11.4 Å². The summed E-state index contributed by atoms with van der Waals surface area (Å²) < 4.78 is 5.61. The number of hydrogen-bond acceptors (Lipinski definition) is 4. The number of rotatable bonds is 4. The zero-order chi connectivity index (χ0) is 10.8. The molecule has 0 unspecified atom stereocenters. The van der Waals surface area contributed by atoms with Crippen molar-refractivity contribution in [2.75, 3.05) is 0 Å². The van der Waals surface area contributed by atoms with Gasteiger partial charge in [0, 0.05) is 18.3 Å². The number of nitrogens with zero attached hydrogens (tertiary/aromatic N) is 1. The fraction of sp³-hybridized carbons (Fsp3) is 0.400. The molecule has 4 N–H and O–H groups in total. The monoisotopic (exact) mass is 207 g/mol. The summed E-state index contributed by atoms with van der Waals surface area (Å²) in [7, 11) is 0. The van der Waals surface area contributed by atoms with Crippen molar-refractivity contribution in [3.63, 3.8) is 0 Å². The lowest BCUT2D eigenvalue weighted by Gasteiger charge is -2.11. The molecule has 0 spiro atoms. The van der Waals surface area contributed by atoms with Gasteiger partial charge in [-0.3, -0.25) is 9.78 Å². The van der Waals surface area contributed by atoms with E-state index in [0.717, 1.165) is 12.8 Å². The topological polar surface area (TPSA) is 91.2 Å². The molecule has 5 nitrogen and oxygen atoms in total. The second kappa shape index (κ2) is 3.86. The van der Waals surface area contributed by atoms with Gasteiger partial charge in [0.25, 0.3) is 5.91 Å². The van der Waals surface area contributed by atoms with Crippen molar-refractivity contribution in [1.29, 1.82) is 0 Å². The van der Waals surface area contributed by atoms with E-state index in [9.17, 15) is 4.79 Å². The number of ether oxygens (including phenoxy) is 1. The second-order valence-electron chi connectivity index (χ2n) is 3.52. The van der Waals surface area contributed by atoms with Gasteiger partial charge < -0.3 is 16.2 Å².